The highest BCUT2D eigenvalue weighted by Gasteiger charge is 2.48. The zero-order valence-electron chi connectivity index (χ0n) is 40.4. The molecule has 5 rings (SSSR count). The van der Waals surface area contributed by atoms with Crippen molar-refractivity contribution in [3.05, 3.63) is 82.9 Å². The number of carboxylic acid groups (broad SMARTS) is 2. The van der Waals surface area contributed by atoms with Crippen molar-refractivity contribution in [3.63, 3.8) is 0 Å². The minimum atomic E-state index is -1.57. The van der Waals surface area contributed by atoms with Gasteiger partial charge < -0.3 is 79.7 Å². The molecule has 2 aliphatic heterocycles. The van der Waals surface area contributed by atoms with Crippen molar-refractivity contribution in [3.8, 4) is 11.5 Å². The molecule has 0 aliphatic carbocycles. The molecular weight excluding hydrogens is 875 g/mol. The first-order valence-electron chi connectivity index (χ1n) is 21.8. The van der Waals surface area contributed by atoms with Crippen molar-refractivity contribution in [2.24, 2.45) is 11.8 Å². The molecule has 2 fully saturated rings. The number of rotatable bonds is 15. The number of methoxy groups -OCH3 is 2. The third-order valence-electron chi connectivity index (χ3n) is 10.5. The maximum absolute atomic E-state index is 13.0. The van der Waals surface area contributed by atoms with Crippen LogP contribution >= 0.6 is 0 Å². The van der Waals surface area contributed by atoms with Gasteiger partial charge in [-0.05, 0) is 94.6 Å². The van der Waals surface area contributed by atoms with E-state index in [1.165, 1.54) is 12.5 Å². The number of hydrogen-bond acceptors (Lipinski definition) is 16. The molecule has 1 amide bonds. The second-order valence-corrected chi connectivity index (χ2v) is 18.3. The molecule has 19 heteroatoms. The lowest BCUT2D eigenvalue weighted by Gasteiger charge is -2.39. The highest BCUT2D eigenvalue weighted by molar-refractivity contribution is 5.97. The summed E-state index contributed by atoms with van der Waals surface area (Å²) < 4.78 is 37.9. The van der Waals surface area contributed by atoms with Crippen molar-refractivity contribution in [2.45, 2.75) is 136 Å². The largest absolute Gasteiger partial charge is 0.479 e. The lowest BCUT2D eigenvalue weighted by atomic mass is 9.90. The van der Waals surface area contributed by atoms with Crippen LogP contribution < -0.4 is 25.4 Å². The van der Waals surface area contributed by atoms with Gasteiger partial charge in [0.15, 0.2) is 12.2 Å². The van der Waals surface area contributed by atoms with Gasteiger partial charge in [-0.25, -0.2) is 9.59 Å². The second kappa shape index (κ2) is 25.3. The molecule has 0 saturated carbocycles. The summed E-state index contributed by atoms with van der Waals surface area (Å²) in [6.45, 7) is 15.7. The molecule has 0 aromatic heterocycles. The van der Waals surface area contributed by atoms with Crippen molar-refractivity contribution in [1.29, 1.82) is 0 Å². The fourth-order valence-corrected chi connectivity index (χ4v) is 6.64. The van der Waals surface area contributed by atoms with Crippen LogP contribution in [0, 0.1) is 11.8 Å². The van der Waals surface area contributed by atoms with Crippen LogP contribution in [-0.2, 0) is 53.1 Å². The van der Waals surface area contributed by atoms with Crippen LogP contribution in [0.4, 0.5) is 11.4 Å². The van der Waals surface area contributed by atoms with Crippen molar-refractivity contribution in [2.75, 3.05) is 38.9 Å². The molecule has 0 spiro atoms. The number of amides is 1. The predicted molar refractivity (Wildman–Crippen MR) is 248 cm³/mol. The Bertz CT molecular complexity index is 2040. The Morgan fingerprint density at radius 1 is 0.612 bits per heavy atom. The van der Waals surface area contributed by atoms with Gasteiger partial charge in [0.2, 0.25) is 12.6 Å². The zero-order valence-corrected chi connectivity index (χ0v) is 40.4. The van der Waals surface area contributed by atoms with E-state index >= 15 is 0 Å². The third-order valence-corrected chi connectivity index (χ3v) is 10.5. The molecule has 9 N–H and O–H groups in total. The Kier molecular flexibility index (Phi) is 21.3. The summed E-state index contributed by atoms with van der Waals surface area (Å²) in [5.74, 6) is -4.10. The summed E-state index contributed by atoms with van der Waals surface area (Å²) >= 11 is 0. The monoisotopic (exact) mass is 945 g/mol. The van der Waals surface area contributed by atoms with Gasteiger partial charge in [-0.2, -0.15) is 0 Å². The van der Waals surface area contributed by atoms with Gasteiger partial charge >= 0.3 is 11.9 Å². The molecule has 0 bridgehead atoms. The second-order valence-electron chi connectivity index (χ2n) is 18.3. The van der Waals surface area contributed by atoms with E-state index in [2.05, 4.69) is 28.1 Å². The number of benzene rings is 3. The molecule has 2 aliphatic rings. The van der Waals surface area contributed by atoms with Gasteiger partial charge in [-0.3, -0.25) is 4.79 Å². The number of aliphatic carboxylic acids is 2. The molecule has 3 aromatic rings. The molecule has 0 unspecified atom stereocenters. The third kappa shape index (κ3) is 16.9. The summed E-state index contributed by atoms with van der Waals surface area (Å²) in [5, 5.41) is 68.1. The van der Waals surface area contributed by atoms with E-state index in [0.717, 1.165) is 16.8 Å². The topological polar surface area (TPSA) is 273 Å². The Hall–Kier alpha value is -5.09. The zero-order chi connectivity index (χ0) is 50.4. The molecule has 10 atom stereocenters. The Morgan fingerprint density at radius 3 is 1.49 bits per heavy atom. The fourth-order valence-electron chi connectivity index (χ4n) is 6.64. The first-order chi connectivity index (χ1) is 31.3. The fraction of sp³-hybridized carbons (Fsp3) is 0.562. The lowest BCUT2D eigenvalue weighted by molar-refractivity contribution is -0.255. The highest BCUT2D eigenvalue weighted by Crippen LogP contribution is 2.33. The van der Waals surface area contributed by atoms with Gasteiger partial charge in [0.05, 0.1) is 48.9 Å². The van der Waals surface area contributed by atoms with Gasteiger partial charge in [0.25, 0.3) is 5.91 Å². The SMILES string of the molecule is CNc1cc(COC)ccc1O[C@@H]1O[C@H](C(=O)O)[C@@H](O)[C@H](C)[C@H]1O.CNc1ccc(COC)cc1.C[C@@H]1[C@@H](O)[C@H](Oc2ccc(COC(C)(C)C)cc2C(=O)NC(C)(C)C)O[C@H](C(=O)O)[C@H]1O. The molecule has 374 valence electrons. The van der Waals surface area contributed by atoms with Crippen molar-refractivity contribution < 1.29 is 78.2 Å². The summed E-state index contributed by atoms with van der Waals surface area (Å²) in [6.07, 6.45) is -10.8. The molecule has 2 saturated heterocycles. The molecular formula is C48H71N3O16. The predicted octanol–water partition coefficient (Wildman–Crippen LogP) is 4.37. The summed E-state index contributed by atoms with van der Waals surface area (Å²) in [5.41, 5.74) is 3.94. The van der Waals surface area contributed by atoms with E-state index in [1.807, 2.05) is 66.8 Å². The maximum atomic E-state index is 13.0. The van der Waals surface area contributed by atoms with Crippen LogP contribution in [0.3, 0.4) is 0 Å². The molecule has 0 radical (unpaired) electrons. The molecule has 19 nitrogen and oxygen atoms in total. The van der Waals surface area contributed by atoms with E-state index in [-0.39, 0.29) is 23.5 Å². The Balaban J connectivity index is 0.000000297. The number of nitrogens with one attached hydrogen (secondary N) is 3. The molecule has 2 heterocycles. The van der Waals surface area contributed by atoms with Crippen LogP contribution in [0.1, 0.15) is 82.4 Å². The normalized spacial score (nSPS) is 25.0. The highest BCUT2D eigenvalue weighted by atomic mass is 16.7. The van der Waals surface area contributed by atoms with E-state index in [9.17, 15) is 39.9 Å². The quantitative estimate of drug-likeness (QED) is 0.102. The average molecular weight is 946 g/mol. The minimum absolute atomic E-state index is 0.114. The van der Waals surface area contributed by atoms with Crippen LogP contribution in [0.15, 0.2) is 60.7 Å². The number of carbonyl (C=O) groups is 3. The van der Waals surface area contributed by atoms with Crippen LogP contribution in [0.2, 0.25) is 0 Å². The van der Waals surface area contributed by atoms with Crippen molar-refractivity contribution in [1.82, 2.24) is 5.32 Å². The first-order valence-corrected chi connectivity index (χ1v) is 21.8. The number of carbonyl (C=O) groups excluding carboxylic acids is 1. The standard InChI is InChI=1S/C23H35NO8.C16H23NO7.C9H13NO/c1-12-16(25)18(20(28)29)32-21(17(12)26)31-15-9-8-13(11-30-23(5,6)7)10-14(15)19(27)24-22(2,3)4;1-8-12(18)14(15(20)21)24-16(13(8)19)23-11-5-4-9(7-22-3)6-10(11)17-2;1-10-9-5-3-8(4-6-9)7-11-2/h8-10,12,16-18,21,25-26H,11H2,1-7H3,(H,24,27)(H,28,29);4-6,8,12-14,16-19H,7H2,1-3H3,(H,20,21);3-6,10H,7H2,1-2H3/t12-,16-,17+,18-,21+;8-,12-,13+,14-,16+;/m00./s1. The van der Waals surface area contributed by atoms with Gasteiger partial charge in [0.1, 0.15) is 23.7 Å². The average Bonchev–Trinajstić information content (AvgIpc) is 3.26. The number of hydrogen-bond donors (Lipinski definition) is 9. The molecule has 3 aromatic carbocycles. The van der Waals surface area contributed by atoms with Crippen LogP contribution in [0.25, 0.3) is 0 Å². The first kappa shape index (κ1) is 56.2. The van der Waals surface area contributed by atoms with Gasteiger partial charge in [-0.15, -0.1) is 0 Å². The van der Waals surface area contributed by atoms with E-state index in [4.69, 9.17) is 38.3 Å². The lowest BCUT2D eigenvalue weighted by Crippen LogP contribution is -2.57. The number of aliphatic hydroxyl groups excluding tert-OH is 4. The van der Waals surface area contributed by atoms with Crippen LogP contribution in [-0.4, -0.2) is 137 Å². The van der Waals surface area contributed by atoms with Gasteiger partial charge in [-0.1, -0.05) is 38.1 Å². The maximum Gasteiger partial charge on any atom is 0.335 e. The van der Waals surface area contributed by atoms with E-state index < -0.39 is 84.4 Å². The van der Waals surface area contributed by atoms with E-state index in [1.54, 1.807) is 58.5 Å². The molecule has 67 heavy (non-hydrogen) atoms. The van der Waals surface area contributed by atoms with Crippen molar-refractivity contribution >= 4 is 29.2 Å². The number of carboxylic acids is 2. The smallest absolute Gasteiger partial charge is 0.335 e. The number of anilines is 2. The van der Waals surface area contributed by atoms with E-state index in [0.29, 0.717) is 24.7 Å². The summed E-state index contributed by atoms with van der Waals surface area (Å²) in [4.78, 5) is 35.6. The van der Waals surface area contributed by atoms with Gasteiger partial charge in [0, 0.05) is 51.4 Å². The Morgan fingerprint density at radius 2 is 1.06 bits per heavy atom. The van der Waals surface area contributed by atoms with Crippen LogP contribution in [0.5, 0.6) is 11.5 Å². The minimum Gasteiger partial charge on any atom is -0.479 e. The Labute approximate surface area is 392 Å². The number of aliphatic hydroxyl groups is 4. The number of ether oxygens (including phenoxy) is 7. The summed E-state index contributed by atoms with van der Waals surface area (Å²) in [7, 11) is 6.91. The summed E-state index contributed by atoms with van der Waals surface area (Å²) in [6, 6.07) is 18.4.